The van der Waals surface area contributed by atoms with Gasteiger partial charge in [-0.25, -0.2) is 0 Å². The van der Waals surface area contributed by atoms with Crippen LogP contribution in [0.25, 0.3) is 0 Å². The second-order valence-electron chi connectivity index (χ2n) is 10.00. The number of aromatic hydroxyl groups is 1. The van der Waals surface area contributed by atoms with Crippen LogP contribution in [-0.4, -0.2) is 40.6 Å². The van der Waals surface area contributed by atoms with Gasteiger partial charge in [0.1, 0.15) is 11.3 Å². The number of likely N-dealkylation sites (tertiary alicyclic amines) is 1. The molecule has 1 spiro atoms. The van der Waals surface area contributed by atoms with E-state index >= 15 is 0 Å². The fourth-order valence-electron chi connectivity index (χ4n) is 6.29. The average Bonchev–Trinajstić information content (AvgIpc) is 3.63. The van der Waals surface area contributed by atoms with Gasteiger partial charge in [0.25, 0.3) is 0 Å². The maximum atomic E-state index is 14.0. The van der Waals surface area contributed by atoms with E-state index in [1.807, 2.05) is 0 Å². The topological polar surface area (TPSA) is 117 Å². The van der Waals surface area contributed by atoms with Gasteiger partial charge in [0.2, 0.25) is 24.5 Å². The Morgan fingerprint density at radius 3 is 2.55 bits per heavy atom. The Balaban J connectivity index is 1.30. The average molecular weight is 532 g/mol. The molecule has 4 aliphatic rings. The number of carbonyl (C=O) groups excluding carboxylic acids is 3. The van der Waals surface area contributed by atoms with Gasteiger partial charge in [-0.1, -0.05) is 41.9 Å². The minimum Gasteiger partial charge on any atom is -0.508 e. The highest BCUT2D eigenvalue weighted by atomic mass is 35.5. The van der Waals surface area contributed by atoms with Crippen molar-refractivity contribution in [2.45, 2.75) is 24.5 Å². The van der Waals surface area contributed by atoms with Gasteiger partial charge in [0.15, 0.2) is 11.5 Å². The van der Waals surface area contributed by atoms with Crippen molar-refractivity contribution >= 4 is 35.0 Å². The lowest BCUT2D eigenvalue weighted by Crippen LogP contribution is -2.53. The molecule has 7 rings (SSSR count). The number of hydrogen-bond donors (Lipinski definition) is 3. The molecule has 3 aromatic carbocycles. The van der Waals surface area contributed by atoms with Crippen molar-refractivity contribution in [3.05, 3.63) is 82.4 Å². The summed E-state index contributed by atoms with van der Waals surface area (Å²) in [6.45, 7) is 0.169. The lowest BCUT2D eigenvalue weighted by molar-refractivity contribution is -0.143. The molecule has 3 aromatic rings. The van der Waals surface area contributed by atoms with Crippen LogP contribution in [0.5, 0.6) is 17.2 Å². The smallest absolute Gasteiger partial charge is 0.250 e. The number of carbonyl (C=O) groups is 3. The number of benzene rings is 3. The van der Waals surface area contributed by atoms with Crippen molar-refractivity contribution in [3.8, 4) is 17.2 Å². The van der Waals surface area contributed by atoms with Crippen molar-refractivity contribution in [3.63, 3.8) is 0 Å². The zero-order valence-corrected chi connectivity index (χ0v) is 20.7. The summed E-state index contributed by atoms with van der Waals surface area (Å²) >= 11 is 6.42. The Morgan fingerprint density at radius 1 is 0.974 bits per heavy atom. The van der Waals surface area contributed by atoms with Gasteiger partial charge in [-0.05, 0) is 47.9 Å². The summed E-state index contributed by atoms with van der Waals surface area (Å²) in [5.41, 5.74) is 1.14. The SMILES string of the molecule is O=C1[C@@H]2[C@H](Cc3ccc(O)cc3)N[C@]3(C(=O)Nc4c(Cl)cccc43)[C@@H]2C(=O)N1Cc1ccc2c(c1)OCO2. The molecule has 3 N–H and O–H groups in total. The third-order valence-electron chi connectivity index (χ3n) is 7.96. The van der Waals surface area contributed by atoms with Crippen LogP contribution in [0.2, 0.25) is 5.02 Å². The normalized spacial score (nSPS) is 26.7. The molecule has 2 saturated heterocycles. The van der Waals surface area contributed by atoms with E-state index in [1.165, 1.54) is 4.90 Å². The monoisotopic (exact) mass is 531 g/mol. The quantitative estimate of drug-likeness (QED) is 0.443. The van der Waals surface area contributed by atoms with Gasteiger partial charge in [-0.3, -0.25) is 24.6 Å². The zero-order chi connectivity index (χ0) is 26.2. The second kappa shape index (κ2) is 8.21. The largest absolute Gasteiger partial charge is 0.508 e. The number of imide groups is 1. The molecule has 0 aromatic heterocycles. The molecule has 4 aliphatic heterocycles. The Bertz CT molecular complexity index is 1530. The minimum absolute atomic E-state index is 0.0489. The van der Waals surface area contributed by atoms with E-state index in [9.17, 15) is 19.5 Å². The van der Waals surface area contributed by atoms with E-state index in [0.717, 1.165) is 5.56 Å². The summed E-state index contributed by atoms with van der Waals surface area (Å²) in [6, 6.07) is 16.6. The van der Waals surface area contributed by atoms with E-state index in [1.54, 1.807) is 60.7 Å². The van der Waals surface area contributed by atoms with Gasteiger partial charge in [0, 0.05) is 11.6 Å². The first-order valence-corrected chi connectivity index (χ1v) is 12.6. The van der Waals surface area contributed by atoms with Crippen molar-refractivity contribution in [1.82, 2.24) is 10.2 Å². The standard InChI is InChI=1S/C28H22ClN3O6/c29-18-3-1-2-17-24(18)30-27(36)28(17)23-22(19(31-28)10-14-4-7-16(33)8-5-14)25(34)32(26(23)35)12-15-6-9-20-21(11-15)38-13-37-20/h1-9,11,19,22-23,31,33H,10,12-13H2,(H,30,36)/t19-,22+,23-,28-/m0/s1. The van der Waals surface area contributed by atoms with Crippen LogP contribution in [0.15, 0.2) is 60.7 Å². The van der Waals surface area contributed by atoms with Gasteiger partial charge in [0.05, 0.1) is 29.1 Å². The predicted molar refractivity (Wildman–Crippen MR) is 136 cm³/mol. The minimum atomic E-state index is -1.44. The summed E-state index contributed by atoms with van der Waals surface area (Å²) in [4.78, 5) is 42.9. The molecule has 38 heavy (non-hydrogen) atoms. The number of hydrogen-bond acceptors (Lipinski definition) is 7. The van der Waals surface area contributed by atoms with Crippen molar-refractivity contribution in [2.75, 3.05) is 12.1 Å². The number of amides is 3. The molecule has 192 valence electrons. The highest BCUT2D eigenvalue weighted by molar-refractivity contribution is 6.35. The van der Waals surface area contributed by atoms with Gasteiger partial charge in [-0.15, -0.1) is 0 Å². The number of nitrogens with zero attached hydrogens (tertiary/aromatic N) is 1. The third-order valence-corrected chi connectivity index (χ3v) is 8.28. The number of halogens is 1. The fourth-order valence-corrected chi connectivity index (χ4v) is 6.51. The third kappa shape index (κ3) is 3.18. The number of rotatable bonds is 4. The Hall–Kier alpha value is -4.08. The van der Waals surface area contributed by atoms with E-state index < -0.39 is 35.2 Å². The molecule has 0 aliphatic carbocycles. The second-order valence-corrected chi connectivity index (χ2v) is 10.4. The Labute approximate surface area is 222 Å². The lowest BCUT2D eigenvalue weighted by Gasteiger charge is -2.29. The first kappa shape index (κ1) is 23.1. The van der Waals surface area contributed by atoms with Crippen molar-refractivity contribution < 1.29 is 29.0 Å². The number of phenolic OH excluding ortho intramolecular Hbond substituents is 1. The summed E-state index contributed by atoms with van der Waals surface area (Å²) in [5, 5.41) is 16.3. The van der Waals surface area contributed by atoms with Crippen LogP contribution in [0, 0.1) is 11.8 Å². The van der Waals surface area contributed by atoms with Gasteiger partial charge < -0.3 is 19.9 Å². The molecule has 0 unspecified atom stereocenters. The molecule has 2 fully saturated rings. The molecule has 0 bridgehead atoms. The molecule has 4 atom stereocenters. The number of anilines is 1. The highest BCUT2D eigenvalue weighted by Crippen LogP contribution is 2.54. The molecule has 0 saturated carbocycles. The maximum Gasteiger partial charge on any atom is 0.250 e. The first-order chi connectivity index (χ1) is 18.4. The van der Waals surface area contributed by atoms with E-state index in [0.29, 0.717) is 39.8 Å². The summed E-state index contributed by atoms with van der Waals surface area (Å²) < 4.78 is 10.8. The van der Waals surface area contributed by atoms with Crippen LogP contribution in [-0.2, 0) is 32.9 Å². The van der Waals surface area contributed by atoms with Crippen LogP contribution in [0.3, 0.4) is 0 Å². The molecule has 3 amide bonds. The van der Waals surface area contributed by atoms with Gasteiger partial charge >= 0.3 is 0 Å². The molecule has 0 radical (unpaired) electrons. The predicted octanol–water partition coefficient (Wildman–Crippen LogP) is 2.94. The Kier molecular flexibility index (Phi) is 4.98. The number of fused-ring (bicyclic) bond motifs is 5. The molecular weight excluding hydrogens is 510 g/mol. The van der Waals surface area contributed by atoms with Crippen LogP contribution in [0.1, 0.15) is 16.7 Å². The van der Waals surface area contributed by atoms with E-state index in [-0.39, 0.29) is 25.0 Å². The van der Waals surface area contributed by atoms with Crippen LogP contribution in [0.4, 0.5) is 5.69 Å². The summed E-state index contributed by atoms with van der Waals surface area (Å²) in [7, 11) is 0. The molecule has 10 heteroatoms. The molecule has 9 nitrogen and oxygen atoms in total. The fraction of sp³-hybridized carbons (Fsp3) is 0.250. The van der Waals surface area contributed by atoms with Crippen LogP contribution < -0.4 is 20.1 Å². The Morgan fingerprint density at radius 2 is 1.74 bits per heavy atom. The number of phenols is 1. The lowest BCUT2D eigenvalue weighted by atomic mass is 9.76. The number of ether oxygens (including phenoxy) is 2. The molecule has 4 heterocycles. The van der Waals surface area contributed by atoms with Crippen LogP contribution >= 0.6 is 11.6 Å². The zero-order valence-electron chi connectivity index (χ0n) is 19.9. The number of para-hydroxylation sites is 1. The van der Waals surface area contributed by atoms with Gasteiger partial charge in [-0.2, -0.15) is 0 Å². The maximum absolute atomic E-state index is 14.0. The number of nitrogens with one attached hydrogen (secondary N) is 2. The summed E-state index contributed by atoms with van der Waals surface area (Å²) in [6.07, 6.45) is 0.378. The highest BCUT2D eigenvalue weighted by Gasteiger charge is 2.70. The summed E-state index contributed by atoms with van der Waals surface area (Å²) in [5.74, 6) is -1.60. The van der Waals surface area contributed by atoms with Crippen molar-refractivity contribution in [2.24, 2.45) is 11.8 Å². The van der Waals surface area contributed by atoms with Crippen molar-refractivity contribution in [1.29, 1.82) is 0 Å². The van der Waals surface area contributed by atoms with E-state index in [4.69, 9.17) is 21.1 Å². The molecular formula is C28H22ClN3O6. The first-order valence-electron chi connectivity index (χ1n) is 12.3. The van der Waals surface area contributed by atoms with E-state index in [2.05, 4.69) is 10.6 Å².